The number of carbonyl (C=O) groups excluding carboxylic acids is 3. The molecule has 0 unspecified atom stereocenters. The van der Waals surface area contributed by atoms with Crippen LogP contribution in [-0.2, 0) is 15.0 Å². The lowest BCUT2D eigenvalue weighted by molar-refractivity contribution is -0.138. The third-order valence-corrected chi connectivity index (χ3v) is 3.03. The Kier molecular flexibility index (Phi) is 2.67. The summed E-state index contributed by atoms with van der Waals surface area (Å²) in [5.41, 5.74) is -0.722. The van der Waals surface area contributed by atoms with Crippen molar-refractivity contribution >= 4 is 17.8 Å². The summed E-state index contributed by atoms with van der Waals surface area (Å²) in [5.74, 6) is -1.14. The summed E-state index contributed by atoms with van der Waals surface area (Å²) in [6, 6.07) is 7.96. The Morgan fingerprint density at radius 2 is 1.53 bits per heavy atom. The van der Waals surface area contributed by atoms with Crippen LogP contribution in [0, 0.1) is 0 Å². The first kappa shape index (κ1) is 11.3. The van der Waals surface area contributed by atoms with E-state index in [-0.39, 0.29) is 0 Å². The largest absolute Gasteiger partial charge is 0.328 e. The molecule has 17 heavy (non-hydrogen) atoms. The fourth-order valence-electron chi connectivity index (χ4n) is 2.06. The van der Waals surface area contributed by atoms with E-state index < -0.39 is 23.3 Å². The molecule has 0 saturated carbocycles. The van der Waals surface area contributed by atoms with E-state index in [0.29, 0.717) is 12.0 Å². The number of nitrogens with one attached hydrogen (secondary N) is 2. The zero-order valence-corrected chi connectivity index (χ0v) is 9.32. The minimum Gasteiger partial charge on any atom is -0.277 e. The van der Waals surface area contributed by atoms with Crippen molar-refractivity contribution in [3.05, 3.63) is 35.9 Å². The van der Waals surface area contributed by atoms with Gasteiger partial charge < -0.3 is 0 Å². The van der Waals surface area contributed by atoms with Crippen LogP contribution < -0.4 is 10.6 Å². The summed E-state index contributed by atoms with van der Waals surface area (Å²) >= 11 is 0. The molecule has 1 aliphatic heterocycles. The van der Waals surface area contributed by atoms with Crippen molar-refractivity contribution in [3.8, 4) is 0 Å². The predicted molar refractivity (Wildman–Crippen MR) is 60.1 cm³/mol. The van der Waals surface area contributed by atoms with Gasteiger partial charge in [0, 0.05) is 0 Å². The lowest BCUT2D eigenvalue weighted by Gasteiger charge is -2.33. The maximum Gasteiger partial charge on any atom is 0.328 e. The minimum atomic E-state index is -1.31. The first-order valence-electron chi connectivity index (χ1n) is 5.33. The van der Waals surface area contributed by atoms with E-state index in [1.807, 2.05) is 0 Å². The third kappa shape index (κ3) is 1.60. The molecule has 1 aliphatic rings. The Morgan fingerprint density at radius 1 is 1.00 bits per heavy atom. The van der Waals surface area contributed by atoms with Gasteiger partial charge in [-0.3, -0.25) is 20.2 Å². The van der Waals surface area contributed by atoms with Crippen molar-refractivity contribution in [2.75, 3.05) is 0 Å². The van der Waals surface area contributed by atoms with E-state index >= 15 is 0 Å². The van der Waals surface area contributed by atoms with Gasteiger partial charge in [-0.1, -0.05) is 37.3 Å². The molecule has 0 bridgehead atoms. The number of amides is 4. The predicted octanol–water partition coefficient (Wildman–Crippen LogP) is 0.700. The highest BCUT2D eigenvalue weighted by molar-refractivity contribution is 6.22. The van der Waals surface area contributed by atoms with Crippen LogP contribution in [0.3, 0.4) is 0 Å². The van der Waals surface area contributed by atoms with E-state index in [0.717, 1.165) is 0 Å². The van der Waals surface area contributed by atoms with Crippen molar-refractivity contribution < 1.29 is 14.4 Å². The van der Waals surface area contributed by atoms with Gasteiger partial charge in [-0.05, 0) is 12.0 Å². The Hall–Kier alpha value is -2.17. The maximum atomic E-state index is 12.0. The molecule has 1 aromatic rings. The van der Waals surface area contributed by atoms with Crippen LogP contribution in [0.25, 0.3) is 0 Å². The molecule has 1 fully saturated rings. The van der Waals surface area contributed by atoms with Gasteiger partial charge in [0.2, 0.25) is 11.8 Å². The molecule has 5 nitrogen and oxygen atoms in total. The van der Waals surface area contributed by atoms with Crippen LogP contribution in [0.5, 0.6) is 0 Å². The number of hydrogen-bond acceptors (Lipinski definition) is 3. The van der Waals surface area contributed by atoms with E-state index in [1.54, 1.807) is 37.3 Å². The second-order valence-corrected chi connectivity index (χ2v) is 3.86. The standard InChI is InChI=1S/C12H12N2O3/c1-2-12(8-6-4-3-5-7-8)9(15)13-11(17)14-10(12)16/h3-7H,2H2,1H3,(H2,13,14,15,16,17)/i2-1. The van der Waals surface area contributed by atoms with Crippen molar-refractivity contribution in [2.45, 2.75) is 18.8 Å². The second-order valence-electron chi connectivity index (χ2n) is 3.86. The Labute approximate surface area is 98.2 Å². The van der Waals surface area contributed by atoms with Gasteiger partial charge in [-0.15, -0.1) is 0 Å². The topological polar surface area (TPSA) is 75.3 Å². The molecular formula is C12H12N2O3. The quantitative estimate of drug-likeness (QED) is 0.736. The summed E-state index contributed by atoms with van der Waals surface area (Å²) in [6.45, 7) is 1.74. The van der Waals surface area contributed by atoms with Crippen LogP contribution in [0.2, 0.25) is 0 Å². The summed E-state index contributed by atoms with van der Waals surface area (Å²) in [6.07, 6.45) is 0.294. The normalized spacial score (nSPS) is 18.5. The summed E-state index contributed by atoms with van der Waals surface area (Å²) in [7, 11) is 0. The van der Waals surface area contributed by atoms with Gasteiger partial charge in [0.15, 0.2) is 5.41 Å². The number of imide groups is 2. The lowest BCUT2D eigenvalue weighted by Crippen LogP contribution is -2.64. The number of hydrogen-bond donors (Lipinski definition) is 2. The zero-order valence-electron chi connectivity index (χ0n) is 9.32. The lowest BCUT2D eigenvalue weighted by atomic mass is 9.56. The molecular weight excluding hydrogens is 219 g/mol. The third-order valence-electron chi connectivity index (χ3n) is 3.03. The van der Waals surface area contributed by atoms with Crippen LogP contribution in [0.1, 0.15) is 18.9 Å². The molecule has 0 atom stereocenters. The molecule has 0 radical (unpaired) electrons. The molecule has 0 spiro atoms. The van der Waals surface area contributed by atoms with Crippen LogP contribution in [0.15, 0.2) is 30.3 Å². The highest BCUT2D eigenvalue weighted by atomic mass is 16.2. The molecule has 2 N–H and O–H groups in total. The van der Waals surface area contributed by atoms with Crippen molar-refractivity contribution in [2.24, 2.45) is 0 Å². The van der Waals surface area contributed by atoms with Gasteiger partial charge >= 0.3 is 6.03 Å². The molecule has 2 rings (SSSR count). The first-order chi connectivity index (χ1) is 8.11. The molecule has 1 saturated heterocycles. The number of urea groups is 1. The summed E-state index contributed by atoms with van der Waals surface area (Å²) in [4.78, 5) is 35.0. The smallest absolute Gasteiger partial charge is 0.277 e. The van der Waals surface area contributed by atoms with E-state index in [1.165, 1.54) is 0 Å². The van der Waals surface area contributed by atoms with Gasteiger partial charge in [0.25, 0.3) is 0 Å². The fourth-order valence-corrected chi connectivity index (χ4v) is 2.06. The van der Waals surface area contributed by atoms with E-state index in [4.69, 9.17) is 0 Å². The molecule has 4 amide bonds. The van der Waals surface area contributed by atoms with Crippen LogP contribution in [0.4, 0.5) is 4.79 Å². The van der Waals surface area contributed by atoms with Crippen molar-refractivity contribution in [3.63, 3.8) is 0 Å². The molecule has 1 heterocycles. The van der Waals surface area contributed by atoms with Gasteiger partial charge in [0.1, 0.15) is 0 Å². The SMILES string of the molecule is C[11CH2]C1(c2ccccc2)C(=O)NC(=O)NC1=O. The van der Waals surface area contributed by atoms with E-state index in [2.05, 4.69) is 10.6 Å². The second kappa shape index (κ2) is 4.01. The molecule has 0 aromatic heterocycles. The minimum absolute atomic E-state index is 0.294. The Balaban J connectivity index is 2.54. The highest BCUT2D eigenvalue weighted by Crippen LogP contribution is 2.30. The maximum absolute atomic E-state index is 12.0. The van der Waals surface area contributed by atoms with Crippen LogP contribution >= 0.6 is 0 Å². The Morgan fingerprint density at radius 3 is 2.00 bits per heavy atom. The highest BCUT2D eigenvalue weighted by Gasteiger charge is 2.50. The number of rotatable bonds is 2. The first-order valence-corrected chi connectivity index (χ1v) is 5.33. The molecule has 1 aromatic carbocycles. The molecule has 0 aliphatic carbocycles. The number of barbiturate groups is 1. The van der Waals surface area contributed by atoms with Crippen molar-refractivity contribution in [1.29, 1.82) is 0 Å². The monoisotopic (exact) mass is 231 g/mol. The summed E-state index contributed by atoms with van der Waals surface area (Å²) in [5, 5.41) is 4.28. The fraction of sp³-hybridized carbons (Fsp3) is 0.250. The van der Waals surface area contributed by atoms with E-state index in [9.17, 15) is 14.4 Å². The van der Waals surface area contributed by atoms with Gasteiger partial charge in [-0.25, -0.2) is 4.79 Å². The zero-order chi connectivity index (χ0) is 12.5. The van der Waals surface area contributed by atoms with Gasteiger partial charge in [-0.2, -0.15) is 0 Å². The van der Waals surface area contributed by atoms with Crippen molar-refractivity contribution in [1.82, 2.24) is 10.6 Å². The summed E-state index contributed by atoms with van der Waals surface area (Å²) < 4.78 is 0. The van der Waals surface area contributed by atoms with Crippen LogP contribution in [-0.4, -0.2) is 17.8 Å². The average Bonchev–Trinajstić information content (AvgIpc) is 2.30. The van der Waals surface area contributed by atoms with Gasteiger partial charge in [0.05, 0.1) is 0 Å². The number of benzene rings is 1. The number of carbonyl (C=O) groups is 3. The average molecular weight is 231 g/mol. The molecule has 88 valence electrons. The molecule has 5 heteroatoms. The Bertz CT molecular complexity index is 462.